The average Bonchev–Trinajstić information content (AvgIpc) is 2.37. The van der Waals surface area contributed by atoms with E-state index in [9.17, 15) is 13.5 Å². The van der Waals surface area contributed by atoms with E-state index in [1.165, 1.54) is 0 Å². The number of hydrogen-bond donors (Lipinski definition) is 3. The lowest BCUT2D eigenvalue weighted by Gasteiger charge is -2.10. The molecule has 1 aromatic rings. The summed E-state index contributed by atoms with van der Waals surface area (Å²) in [5.41, 5.74) is 1.45. The normalized spacial score (nSPS) is 13.2. The van der Waals surface area contributed by atoms with E-state index >= 15 is 0 Å². The lowest BCUT2D eigenvalue weighted by molar-refractivity contribution is 0.211. The minimum Gasteiger partial charge on any atom is -0.395 e. The van der Waals surface area contributed by atoms with Gasteiger partial charge in [0.2, 0.25) is 0 Å². The predicted octanol–water partition coefficient (Wildman–Crippen LogP) is 0.605. The molecule has 0 bridgehead atoms. The lowest BCUT2D eigenvalue weighted by atomic mass is 10.2. The topological polar surface area (TPSA) is 86.6 Å². The van der Waals surface area contributed by atoms with Gasteiger partial charge in [0.1, 0.15) is 0 Å². The largest absolute Gasteiger partial charge is 0.395 e. The molecular weight excluding hydrogens is 290 g/mol. The van der Waals surface area contributed by atoms with Crippen molar-refractivity contribution in [1.82, 2.24) is 0 Å². The quantitative estimate of drug-likeness (QED) is 0.613. The van der Waals surface area contributed by atoms with Crippen molar-refractivity contribution in [3.05, 3.63) is 29.8 Å². The Morgan fingerprint density at radius 3 is 2.42 bits per heavy atom. The number of aliphatic hydroxyl groups is 2. The van der Waals surface area contributed by atoms with Gasteiger partial charge in [0, 0.05) is 12.2 Å². The molecule has 1 atom stereocenters. The summed E-state index contributed by atoms with van der Waals surface area (Å²) < 4.78 is 23.0. The molecule has 1 aromatic carbocycles. The number of rotatable bonds is 8. The molecule has 0 spiro atoms. The second-order valence-electron chi connectivity index (χ2n) is 4.20. The Labute approximate surface area is 118 Å². The van der Waals surface area contributed by atoms with Crippen LogP contribution in [0, 0.1) is 0 Å². The highest BCUT2D eigenvalue weighted by molar-refractivity contribution is 7.90. The summed E-state index contributed by atoms with van der Waals surface area (Å²) in [6.07, 6.45) is -0.619. The highest BCUT2D eigenvalue weighted by Crippen LogP contribution is 2.12. The number of halogens is 1. The second kappa shape index (κ2) is 7.69. The maximum Gasteiger partial charge on any atom is 0.156 e. The van der Waals surface area contributed by atoms with Crippen molar-refractivity contribution < 1.29 is 18.6 Å². The highest BCUT2D eigenvalue weighted by Gasteiger charge is 2.11. The van der Waals surface area contributed by atoms with Gasteiger partial charge in [-0.25, -0.2) is 8.42 Å². The van der Waals surface area contributed by atoms with Crippen LogP contribution in [-0.2, 0) is 15.6 Å². The number of nitrogens with one attached hydrogen (secondary N) is 1. The molecule has 0 saturated heterocycles. The molecule has 0 fully saturated rings. The second-order valence-corrected chi connectivity index (χ2v) is 6.69. The molecule has 19 heavy (non-hydrogen) atoms. The van der Waals surface area contributed by atoms with E-state index < -0.39 is 15.9 Å². The minimum atomic E-state index is -3.26. The number of aliphatic hydroxyl groups excluding tert-OH is 2. The molecule has 0 amide bonds. The third-order valence-corrected chi connectivity index (χ3v) is 4.40. The van der Waals surface area contributed by atoms with Gasteiger partial charge in [0.25, 0.3) is 0 Å². The molecular formula is C12H18ClNO4S. The molecule has 0 heterocycles. The smallest absolute Gasteiger partial charge is 0.156 e. The van der Waals surface area contributed by atoms with Gasteiger partial charge in [-0.05, 0) is 17.7 Å². The maximum absolute atomic E-state index is 11.5. The summed E-state index contributed by atoms with van der Waals surface area (Å²) in [7, 11) is -3.26. The fourth-order valence-corrected chi connectivity index (χ4v) is 2.71. The van der Waals surface area contributed by atoms with Crippen LogP contribution in [0.5, 0.6) is 0 Å². The van der Waals surface area contributed by atoms with Gasteiger partial charge in [-0.3, -0.25) is 0 Å². The van der Waals surface area contributed by atoms with Crippen molar-refractivity contribution in [2.45, 2.75) is 11.9 Å². The van der Waals surface area contributed by atoms with Crippen LogP contribution in [0.3, 0.4) is 0 Å². The van der Waals surface area contributed by atoms with Gasteiger partial charge >= 0.3 is 0 Å². The summed E-state index contributed by atoms with van der Waals surface area (Å²) in [6.45, 7) is -0.0239. The van der Waals surface area contributed by atoms with Gasteiger partial charge in [0.05, 0.1) is 30.1 Å². The molecule has 108 valence electrons. The van der Waals surface area contributed by atoms with E-state index in [-0.39, 0.29) is 24.0 Å². The maximum atomic E-state index is 11.5. The van der Waals surface area contributed by atoms with Crippen molar-refractivity contribution in [2.75, 3.05) is 30.1 Å². The molecule has 3 N–H and O–H groups in total. The Morgan fingerprint density at radius 1 is 1.26 bits per heavy atom. The molecule has 0 aliphatic rings. The van der Waals surface area contributed by atoms with E-state index in [1.54, 1.807) is 24.3 Å². The fraction of sp³-hybridized carbons (Fsp3) is 0.500. The first-order valence-electron chi connectivity index (χ1n) is 5.85. The first-order chi connectivity index (χ1) is 8.96. The number of hydrogen-bond acceptors (Lipinski definition) is 5. The van der Waals surface area contributed by atoms with Gasteiger partial charge in [0.15, 0.2) is 9.84 Å². The van der Waals surface area contributed by atoms with Gasteiger partial charge in [-0.1, -0.05) is 12.1 Å². The summed E-state index contributed by atoms with van der Waals surface area (Å²) in [5.74, 6) is -0.155. The average molecular weight is 308 g/mol. The molecule has 1 unspecified atom stereocenters. The Bertz CT molecular complexity index is 475. The van der Waals surface area contributed by atoms with E-state index in [1.807, 2.05) is 0 Å². The summed E-state index contributed by atoms with van der Waals surface area (Å²) in [4.78, 5) is 0. The van der Waals surface area contributed by atoms with Crippen LogP contribution in [0.25, 0.3) is 0 Å². The van der Waals surface area contributed by atoms with Gasteiger partial charge in [-0.15, -0.1) is 11.6 Å². The van der Waals surface area contributed by atoms with Crippen LogP contribution in [0.4, 0.5) is 5.69 Å². The first kappa shape index (κ1) is 16.2. The van der Waals surface area contributed by atoms with Crippen molar-refractivity contribution >= 4 is 27.1 Å². The Hall–Kier alpha value is -0.820. The van der Waals surface area contributed by atoms with Gasteiger partial charge < -0.3 is 15.5 Å². The highest BCUT2D eigenvalue weighted by atomic mass is 35.5. The Kier molecular flexibility index (Phi) is 6.57. The van der Waals surface area contributed by atoms with Crippen LogP contribution in [-0.4, -0.2) is 49.5 Å². The molecule has 0 aromatic heterocycles. The monoisotopic (exact) mass is 307 g/mol. The summed E-state index contributed by atoms with van der Waals surface area (Å²) >= 11 is 5.47. The number of benzene rings is 1. The van der Waals surface area contributed by atoms with Crippen molar-refractivity contribution in [2.24, 2.45) is 0 Å². The Morgan fingerprint density at radius 2 is 1.89 bits per heavy atom. The fourth-order valence-electron chi connectivity index (χ4n) is 1.47. The van der Waals surface area contributed by atoms with Gasteiger partial charge in [-0.2, -0.15) is 0 Å². The molecule has 0 saturated carbocycles. The Balaban J connectivity index is 2.57. The van der Waals surface area contributed by atoms with Crippen LogP contribution < -0.4 is 5.32 Å². The number of sulfone groups is 1. The predicted molar refractivity (Wildman–Crippen MR) is 76.2 cm³/mol. The van der Waals surface area contributed by atoms with Crippen LogP contribution in [0.2, 0.25) is 0 Å². The standard InChI is InChI=1S/C12H18ClNO4S/c13-7-12(16)8-14-11-3-1-10(2-4-11)9-19(17,18)6-5-15/h1-4,12,14-16H,5-9H2. The molecule has 1 rings (SSSR count). The zero-order chi connectivity index (χ0) is 14.3. The number of anilines is 1. The molecule has 7 heteroatoms. The van der Waals surface area contributed by atoms with Crippen molar-refractivity contribution in [3.63, 3.8) is 0 Å². The van der Waals surface area contributed by atoms with E-state index in [0.29, 0.717) is 12.1 Å². The van der Waals surface area contributed by atoms with E-state index in [4.69, 9.17) is 16.7 Å². The molecule has 0 radical (unpaired) electrons. The zero-order valence-electron chi connectivity index (χ0n) is 10.4. The minimum absolute atomic E-state index is 0.0852. The lowest BCUT2D eigenvalue weighted by Crippen LogP contribution is -2.20. The van der Waals surface area contributed by atoms with E-state index in [2.05, 4.69) is 5.32 Å². The zero-order valence-corrected chi connectivity index (χ0v) is 12.0. The SMILES string of the molecule is O=S(=O)(CCO)Cc1ccc(NCC(O)CCl)cc1. The summed E-state index contributed by atoms with van der Waals surface area (Å²) in [5, 5.41) is 20.9. The first-order valence-corrected chi connectivity index (χ1v) is 8.20. The number of alkyl halides is 1. The van der Waals surface area contributed by atoms with Crippen LogP contribution in [0.1, 0.15) is 5.56 Å². The third kappa shape index (κ3) is 6.24. The van der Waals surface area contributed by atoms with Crippen molar-refractivity contribution in [3.8, 4) is 0 Å². The van der Waals surface area contributed by atoms with E-state index in [0.717, 1.165) is 5.69 Å². The van der Waals surface area contributed by atoms with Crippen LogP contribution >= 0.6 is 11.6 Å². The summed E-state index contributed by atoms with van der Waals surface area (Å²) in [6, 6.07) is 6.88. The third-order valence-electron chi connectivity index (χ3n) is 2.46. The molecule has 0 aliphatic carbocycles. The van der Waals surface area contributed by atoms with Crippen LogP contribution in [0.15, 0.2) is 24.3 Å². The van der Waals surface area contributed by atoms with Crippen molar-refractivity contribution in [1.29, 1.82) is 0 Å². The molecule has 5 nitrogen and oxygen atoms in total. The molecule has 0 aliphatic heterocycles.